The average Bonchev–Trinajstić information content (AvgIpc) is 3.31. The van der Waals surface area contributed by atoms with Crippen molar-refractivity contribution in [2.24, 2.45) is 16.1 Å². The van der Waals surface area contributed by atoms with Crippen molar-refractivity contribution in [3.63, 3.8) is 0 Å². The number of aryl methyl sites for hydroxylation is 1. The summed E-state index contributed by atoms with van der Waals surface area (Å²) in [5.74, 6) is -2.48. The molecular formula is C32H33N5O5S. The first-order valence-electron chi connectivity index (χ1n) is 13.6. The Hall–Kier alpha value is -4.84. The Morgan fingerprint density at radius 2 is 1.95 bits per heavy atom. The zero-order chi connectivity index (χ0) is 31.2. The van der Waals surface area contributed by atoms with E-state index in [0.29, 0.717) is 46.5 Å². The molecule has 1 unspecified atom stereocenters. The minimum absolute atomic E-state index is 0.0333. The van der Waals surface area contributed by atoms with Gasteiger partial charge >= 0.3 is 11.9 Å². The maximum absolute atomic E-state index is 12.0. The highest BCUT2D eigenvalue weighted by molar-refractivity contribution is 7.17. The summed E-state index contributed by atoms with van der Waals surface area (Å²) < 4.78 is 10.9. The van der Waals surface area contributed by atoms with Crippen LogP contribution in [0, 0.1) is 37.7 Å². The van der Waals surface area contributed by atoms with E-state index >= 15 is 0 Å². The molecule has 3 rings (SSSR count). The van der Waals surface area contributed by atoms with Gasteiger partial charge in [-0.2, -0.15) is 15.5 Å². The first-order chi connectivity index (χ1) is 20.8. The summed E-state index contributed by atoms with van der Waals surface area (Å²) >= 11 is 1.15. The highest BCUT2D eigenvalue weighted by atomic mass is 32.1. The van der Waals surface area contributed by atoms with Gasteiger partial charge in [0.1, 0.15) is 17.7 Å². The molecule has 43 heavy (non-hydrogen) atoms. The van der Waals surface area contributed by atoms with E-state index in [0.717, 1.165) is 28.2 Å². The quantitative estimate of drug-likeness (QED) is 0.0596. The van der Waals surface area contributed by atoms with Crippen LogP contribution in [0.15, 0.2) is 71.4 Å². The Kier molecular flexibility index (Phi) is 12.6. The third-order valence-electron chi connectivity index (χ3n) is 6.53. The van der Waals surface area contributed by atoms with E-state index in [1.54, 1.807) is 6.92 Å². The lowest BCUT2D eigenvalue weighted by Gasteiger charge is -2.25. The van der Waals surface area contributed by atoms with Gasteiger partial charge in [-0.05, 0) is 55.2 Å². The lowest BCUT2D eigenvalue weighted by Crippen LogP contribution is -2.27. The number of carbonyl (C=O) groups is 2. The highest BCUT2D eigenvalue weighted by Crippen LogP contribution is 2.42. The lowest BCUT2D eigenvalue weighted by atomic mass is 10.0. The Morgan fingerprint density at radius 1 is 1.19 bits per heavy atom. The summed E-state index contributed by atoms with van der Waals surface area (Å²) in [6.07, 6.45) is 1.46. The molecule has 0 saturated heterocycles. The molecular weight excluding hydrogens is 566 g/mol. The largest absolute Gasteiger partial charge is 0.481 e. The molecule has 222 valence electrons. The first-order valence-corrected chi connectivity index (χ1v) is 14.4. The minimum atomic E-state index is -1.06. The maximum atomic E-state index is 12.0. The molecule has 0 aliphatic rings. The molecule has 1 N–H and O–H groups in total. The van der Waals surface area contributed by atoms with Crippen LogP contribution in [-0.2, 0) is 25.6 Å². The molecule has 0 aliphatic carbocycles. The normalized spacial score (nSPS) is 11.4. The SMILES string of the molecule is [C-]#[N+]c1c(N=Nc2ccc(N(CCOCCOC(=O)CC(CC=C)C(=O)O)Cc3ccccc3)cc2C)sc(C#N)c1C. The van der Waals surface area contributed by atoms with Crippen molar-refractivity contribution in [1.82, 2.24) is 0 Å². The van der Waals surface area contributed by atoms with E-state index in [9.17, 15) is 20.0 Å². The molecule has 3 aromatic rings. The molecule has 10 nitrogen and oxygen atoms in total. The number of hydrogen-bond acceptors (Lipinski definition) is 9. The monoisotopic (exact) mass is 599 g/mol. The maximum Gasteiger partial charge on any atom is 0.307 e. The number of hydrogen-bond donors (Lipinski definition) is 1. The van der Waals surface area contributed by atoms with Gasteiger partial charge in [0.2, 0.25) is 5.69 Å². The van der Waals surface area contributed by atoms with E-state index < -0.39 is 17.9 Å². The Bertz CT molecular complexity index is 1540. The van der Waals surface area contributed by atoms with E-state index in [4.69, 9.17) is 16.0 Å². The summed E-state index contributed by atoms with van der Waals surface area (Å²) in [5.41, 5.74) is 4.59. The third-order valence-corrected chi connectivity index (χ3v) is 7.60. The van der Waals surface area contributed by atoms with Crippen LogP contribution in [0.4, 0.5) is 22.1 Å². The van der Waals surface area contributed by atoms with Gasteiger partial charge in [-0.1, -0.05) is 36.4 Å². The fourth-order valence-electron chi connectivity index (χ4n) is 4.17. The molecule has 1 aromatic heterocycles. The summed E-state index contributed by atoms with van der Waals surface area (Å²) in [4.78, 5) is 29.3. The Balaban J connectivity index is 1.62. The molecule has 1 atom stereocenters. The molecule has 2 aromatic carbocycles. The smallest absolute Gasteiger partial charge is 0.307 e. The van der Waals surface area contributed by atoms with Crippen molar-refractivity contribution in [2.45, 2.75) is 33.2 Å². The van der Waals surface area contributed by atoms with Gasteiger partial charge in [0.25, 0.3) is 0 Å². The second-order valence-electron chi connectivity index (χ2n) is 9.61. The number of aliphatic carboxylic acids is 1. The summed E-state index contributed by atoms with van der Waals surface area (Å²) in [5, 5.41) is 27.5. The van der Waals surface area contributed by atoms with Gasteiger partial charge in [-0.25, -0.2) is 4.85 Å². The van der Waals surface area contributed by atoms with Crippen molar-refractivity contribution >= 4 is 45.3 Å². The number of esters is 1. The number of carboxylic acid groups (broad SMARTS) is 1. The number of carboxylic acids is 1. The van der Waals surface area contributed by atoms with Gasteiger partial charge < -0.3 is 19.5 Å². The molecule has 11 heteroatoms. The standard InChI is InChI=1S/C32H33N5O5S/c1-5-9-25(32(39)40)19-29(38)42-17-16-41-15-14-37(21-24-10-7-6-8-11-24)26-12-13-27(22(2)18-26)35-36-31-30(34-4)23(3)28(20-33)43-31/h5-8,10-13,18,25H,1,9,14-17,19,21H2,2-3H3,(H,39,40). The van der Waals surface area contributed by atoms with E-state index in [-0.39, 0.29) is 26.1 Å². The Labute approximate surface area is 255 Å². The molecule has 0 radical (unpaired) electrons. The predicted octanol–water partition coefficient (Wildman–Crippen LogP) is 7.44. The number of anilines is 1. The summed E-state index contributed by atoms with van der Waals surface area (Å²) in [7, 11) is 0. The van der Waals surface area contributed by atoms with Gasteiger partial charge in [0.15, 0.2) is 0 Å². The van der Waals surface area contributed by atoms with Gasteiger partial charge in [0.05, 0.1) is 42.7 Å². The minimum Gasteiger partial charge on any atom is -0.481 e. The van der Waals surface area contributed by atoms with Crippen LogP contribution in [0.1, 0.15) is 34.4 Å². The molecule has 0 fully saturated rings. The lowest BCUT2D eigenvalue weighted by molar-refractivity contribution is -0.152. The number of carbonyl (C=O) groups excluding carboxylic acids is 1. The Morgan fingerprint density at radius 3 is 2.60 bits per heavy atom. The van der Waals surface area contributed by atoms with Gasteiger partial charge in [0, 0.05) is 18.8 Å². The van der Waals surface area contributed by atoms with Gasteiger partial charge in [-0.3, -0.25) is 9.59 Å². The van der Waals surface area contributed by atoms with Crippen molar-refractivity contribution < 1.29 is 24.2 Å². The van der Waals surface area contributed by atoms with Crippen molar-refractivity contribution in [2.75, 3.05) is 31.3 Å². The number of allylic oxidation sites excluding steroid dienone is 1. The molecule has 0 aliphatic heterocycles. The number of azo groups is 1. The van der Waals surface area contributed by atoms with Crippen LogP contribution in [0.5, 0.6) is 0 Å². The van der Waals surface area contributed by atoms with Crippen LogP contribution < -0.4 is 4.90 Å². The zero-order valence-corrected chi connectivity index (χ0v) is 25.0. The summed E-state index contributed by atoms with van der Waals surface area (Å²) in [6.45, 7) is 16.4. The number of rotatable bonds is 16. The number of ether oxygens (including phenoxy) is 2. The number of thiophene rings is 1. The van der Waals surface area contributed by atoms with Crippen LogP contribution in [0.2, 0.25) is 0 Å². The topological polar surface area (TPSA) is 129 Å². The van der Waals surface area contributed by atoms with E-state index in [1.807, 2.05) is 55.5 Å². The molecule has 1 heterocycles. The second kappa shape index (κ2) is 16.6. The first kappa shape index (κ1) is 32.7. The molecule has 0 spiro atoms. The number of benzene rings is 2. The fraction of sp³-hybridized carbons (Fsp3) is 0.312. The number of nitrogens with zero attached hydrogens (tertiary/aromatic N) is 5. The zero-order valence-electron chi connectivity index (χ0n) is 24.2. The second-order valence-corrected chi connectivity index (χ2v) is 10.6. The van der Waals surface area contributed by atoms with Crippen molar-refractivity contribution in [3.8, 4) is 6.07 Å². The number of nitriles is 1. The molecule has 0 bridgehead atoms. The van der Waals surface area contributed by atoms with Crippen LogP contribution in [0.3, 0.4) is 0 Å². The fourth-order valence-corrected chi connectivity index (χ4v) is 5.04. The van der Waals surface area contributed by atoms with Crippen LogP contribution in [0.25, 0.3) is 4.85 Å². The van der Waals surface area contributed by atoms with Crippen molar-refractivity contribution in [1.29, 1.82) is 5.26 Å². The van der Waals surface area contributed by atoms with Crippen LogP contribution in [-0.4, -0.2) is 43.4 Å². The summed E-state index contributed by atoms with van der Waals surface area (Å²) in [6, 6.07) is 18.0. The van der Waals surface area contributed by atoms with Gasteiger partial charge in [-0.15, -0.1) is 17.9 Å². The predicted molar refractivity (Wildman–Crippen MR) is 165 cm³/mol. The van der Waals surface area contributed by atoms with Crippen molar-refractivity contribution in [3.05, 3.63) is 94.2 Å². The third kappa shape index (κ3) is 9.60. The molecule has 0 saturated carbocycles. The highest BCUT2D eigenvalue weighted by Gasteiger charge is 2.20. The average molecular weight is 600 g/mol. The van der Waals surface area contributed by atoms with E-state index in [1.165, 1.54) is 6.08 Å². The molecule has 0 amide bonds. The van der Waals surface area contributed by atoms with Crippen LogP contribution >= 0.6 is 11.3 Å². The van der Waals surface area contributed by atoms with E-state index in [2.05, 4.69) is 32.6 Å².